The summed E-state index contributed by atoms with van der Waals surface area (Å²) in [6, 6.07) is 28.0. The molecular formula is C33H32ClN5O5S. The fraction of sp³-hybridized carbons (Fsp3) is 0.182. The van der Waals surface area contributed by atoms with Crippen molar-refractivity contribution >= 4 is 51.7 Å². The van der Waals surface area contributed by atoms with E-state index in [1.807, 2.05) is 60.7 Å². The minimum atomic E-state index is -4.10. The van der Waals surface area contributed by atoms with Crippen molar-refractivity contribution < 1.29 is 22.8 Å². The molecule has 232 valence electrons. The summed E-state index contributed by atoms with van der Waals surface area (Å²) in [5.41, 5.74) is 10.1. The maximum absolute atomic E-state index is 13.4. The van der Waals surface area contributed by atoms with Gasteiger partial charge in [-0.25, -0.2) is 17.5 Å². The van der Waals surface area contributed by atoms with E-state index in [-0.39, 0.29) is 35.7 Å². The molecule has 0 saturated carbocycles. The Morgan fingerprint density at radius 2 is 1.60 bits per heavy atom. The van der Waals surface area contributed by atoms with Crippen LogP contribution in [0.1, 0.15) is 33.1 Å². The SMILES string of the molecule is Cl.NC(Cc1ccccc1)C(=O)Nc1ccc(C(=O)N2CCc3cc(S(=O)(=O)N4C[C@H](c5ccccc5)NC4=O)ccc32)cc1. The molecule has 2 aliphatic rings. The molecule has 0 bridgehead atoms. The minimum absolute atomic E-state index is 0. The second kappa shape index (κ2) is 13.1. The number of sulfonamides is 1. The predicted molar refractivity (Wildman–Crippen MR) is 174 cm³/mol. The molecule has 2 aliphatic heterocycles. The van der Waals surface area contributed by atoms with Crippen LogP contribution in [0.5, 0.6) is 0 Å². The Morgan fingerprint density at radius 3 is 2.29 bits per heavy atom. The number of rotatable bonds is 8. The Hall–Kier alpha value is -4.71. The van der Waals surface area contributed by atoms with Gasteiger partial charge in [0.25, 0.3) is 15.9 Å². The van der Waals surface area contributed by atoms with E-state index >= 15 is 0 Å². The summed E-state index contributed by atoms with van der Waals surface area (Å²) in [6.45, 7) is 0.368. The molecule has 0 aromatic heterocycles. The van der Waals surface area contributed by atoms with Crippen LogP contribution in [-0.2, 0) is 27.7 Å². The number of hydrogen-bond acceptors (Lipinski definition) is 6. The fourth-order valence-corrected chi connectivity index (χ4v) is 6.92. The lowest BCUT2D eigenvalue weighted by molar-refractivity contribution is -0.117. The largest absolute Gasteiger partial charge is 0.331 e. The average Bonchev–Trinajstić information content (AvgIpc) is 3.65. The van der Waals surface area contributed by atoms with Gasteiger partial charge < -0.3 is 21.3 Å². The topological polar surface area (TPSA) is 142 Å². The maximum Gasteiger partial charge on any atom is 0.331 e. The molecule has 0 aliphatic carbocycles. The van der Waals surface area contributed by atoms with Crippen LogP contribution in [0.15, 0.2) is 108 Å². The molecule has 2 heterocycles. The number of halogens is 1. The summed E-state index contributed by atoms with van der Waals surface area (Å²) in [4.78, 5) is 40.2. The molecule has 1 unspecified atom stereocenters. The van der Waals surface area contributed by atoms with E-state index in [1.165, 1.54) is 6.07 Å². The Morgan fingerprint density at radius 1 is 0.933 bits per heavy atom. The molecule has 45 heavy (non-hydrogen) atoms. The van der Waals surface area contributed by atoms with Gasteiger partial charge in [0.2, 0.25) is 5.91 Å². The van der Waals surface area contributed by atoms with Crippen molar-refractivity contribution in [2.45, 2.75) is 29.8 Å². The Balaban J connectivity index is 0.00000400. The van der Waals surface area contributed by atoms with Gasteiger partial charge >= 0.3 is 6.03 Å². The molecule has 4 aromatic rings. The molecule has 0 radical (unpaired) electrons. The van der Waals surface area contributed by atoms with Crippen molar-refractivity contribution in [3.8, 4) is 0 Å². The van der Waals surface area contributed by atoms with Gasteiger partial charge in [-0.2, -0.15) is 0 Å². The normalized spacial score (nSPS) is 16.4. The number of fused-ring (bicyclic) bond motifs is 1. The highest BCUT2D eigenvalue weighted by Gasteiger charge is 2.39. The van der Waals surface area contributed by atoms with E-state index in [0.29, 0.717) is 41.9 Å². The Labute approximate surface area is 267 Å². The van der Waals surface area contributed by atoms with Gasteiger partial charge in [-0.05, 0) is 72.0 Å². The summed E-state index contributed by atoms with van der Waals surface area (Å²) >= 11 is 0. The quantitative estimate of drug-likeness (QED) is 0.261. The lowest BCUT2D eigenvalue weighted by Crippen LogP contribution is -2.37. The first-order valence-corrected chi connectivity index (χ1v) is 15.7. The number of hydrogen-bond donors (Lipinski definition) is 3. The molecule has 12 heteroatoms. The van der Waals surface area contributed by atoms with Crippen LogP contribution in [0, 0.1) is 0 Å². The summed E-state index contributed by atoms with van der Waals surface area (Å²) in [7, 11) is -4.10. The lowest BCUT2D eigenvalue weighted by Gasteiger charge is -2.19. The highest BCUT2D eigenvalue weighted by atomic mass is 35.5. The van der Waals surface area contributed by atoms with Crippen molar-refractivity contribution in [2.24, 2.45) is 5.73 Å². The second-order valence-electron chi connectivity index (χ2n) is 10.8. The van der Waals surface area contributed by atoms with Gasteiger partial charge in [-0.1, -0.05) is 60.7 Å². The molecule has 1 fully saturated rings. The predicted octanol–water partition coefficient (Wildman–Crippen LogP) is 4.28. The van der Waals surface area contributed by atoms with Crippen molar-refractivity contribution in [1.82, 2.24) is 9.62 Å². The van der Waals surface area contributed by atoms with E-state index in [2.05, 4.69) is 10.6 Å². The number of nitrogens with two attached hydrogens (primary N) is 1. The second-order valence-corrected chi connectivity index (χ2v) is 12.7. The molecule has 4 aromatic carbocycles. The van der Waals surface area contributed by atoms with Crippen LogP contribution in [0.4, 0.5) is 16.2 Å². The number of benzene rings is 4. The zero-order valence-electron chi connectivity index (χ0n) is 24.1. The third kappa shape index (κ3) is 6.56. The molecule has 6 rings (SSSR count). The summed E-state index contributed by atoms with van der Waals surface area (Å²) in [5.74, 6) is -0.572. The Bertz CT molecular complexity index is 1820. The summed E-state index contributed by atoms with van der Waals surface area (Å²) in [6.07, 6.45) is 0.872. The molecule has 4 N–H and O–H groups in total. The van der Waals surface area contributed by atoms with E-state index in [0.717, 1.165) is 15.4 Å². The van der Waals surface area contributed by atoms with Gasteiger partial charge in [-0.3, -0.25) is 9.59 Å². The van der Waals surface area contributed by atoms with E-state index < -0.39 is 28.1 Å². The van der Waals surface area contributed by atoms with E-state index in [1.54, 1.807) is 41.3 Å². The number of nitrogens with zero attached hydrogens (tertiary/aromatic N) is 2. The zero-order chi connectivity index (χ0) is 30.8. The third-order valence-electron chi connectivity index (χ3n) is 7.89. The fourth-order valence-electron chi connectivity index (χ4n) is 5.52. The van der Waals surface area contributed by atoms with Gasteiger partial charge in [0.05, 0.1) is 23.5 Å². The molecule has 2 atom stereocenters. The number of carbonyl (C=O) groups is 3. The molecule has 10 nitrogen and oxygen atoms in total. The number of carbonyl (C=O) groups excluding carboxylic acids is 3. The van der Waals surface area contributed by atoms with E-state index in [9.17, 15) is 22.8 Å². The highest BCUT2D eigenvalue weighted by molar-refractivity contribution is 7.89. The van der Waals surface area contributed by atoms with E-state index in [4.69, 9.17) is 5.73 Å². The van der Waals surface area contributed by atoms with Crippen molar-refractivity contribution in [1.29, 1.82) is 0 Å². The van der Waals surface area contributed by atoms with Crippen molar-refractivity contribution in [3.63, 3.8) is 0 Å². The van der Waals surface area contributed by atoms with Crippen molar-refractivity contribution in [3.05, 3.63) is 125 Å². The first-order chi connectivity index (χ1) is 21.2. The third-order valence-corrected chi connectivity index (χ3v) is 9.63. The first-order valence-electron chi connectivity index (χ1n) is 14.2. The number of anilines is 2. The monoisotopic (exact) mass is 645 g/mol. The molecular weight excluding hydrogens is 614 g/mol. The van der Waals surface area contributed by atoms with Gasteiger partial charge in [0, 0.05) is 23.5 Å². The Kier molecular flexibility index (Phi) is 9.24. The van der Waals surface area contributed by atoms with Crippen molar-refractivity contribution in [2.75, 3.05) is 23.3 Å². The maximum atomic E-state index is 13.4. The van der Waals surface area contributed by atoms with Gasteiger partial charge in [0.15, 0.2) is 0 Å². The number of urea groups is 1. The van der Waals surface area contributed by atoms with Gasteiger partial charge in [-0.15, -0.1) is 12.4 Å². The first kappa shape index (κ1) is 31.7. The average molecular weight is 646 g/mol. The van der Waals surface area contributed by atoms with Crippen LogP contribution in [0.3, 0.4) is 0 Å². The summed E-state index contributed by atoms with van der Waals surface area (Å²) < 4.78 is 27.8. The standard InChI is InChI=1S/C33H31N5O5S.ClH/c34-28(19-22-7-3-1-4-8-22)31(39)35-26-13-11-24(12-14-26)32(40)37-18-17-25-20-27(15-16-30(25)37)44(42,43)38-21-29(36-33(38)41)23-9-5-2-6-10-23;/h1-16,20,28-29H,17-19,21,34H2,(H,35,39)(H,36,41);1H/t28?,29-;/m1./s1. The van der Waals surface area contributed by atoms with Crippen LogP contribution in [-0.4, -0.2) is 49.7 Å². The van der Waals surface area contributed by atoms with Crippen LogP contribution in [0.25, 0.3) is 0 Å². The molecule has 0 spiro atoms. The number of amides is 4. The minimum Gasteiger partial charge on any atom is -0.328 e. The molecule has 4 amide bonds. The zero-order valence-corrected chi connectivity index (χ0v) is 25.8. The number of nitrogens with one attached hydrogen (secondary N) is 2. The van der Waals surface area contributed by atoms with Crippen LogP contribution >= 0.6 is 12.4 Å². The smallest absolute Gasteiger partial charge is 0.328 e. The highest BCUT2D eigenvalue weighted by Crippen LogP contribution is 2.33. The molecule has 1 saturated heterocycles. The van der Waals surface area contributed by atoms with Crippen LogP contribution < -0.4 is 21.3 Å². The van der Waals surface area contributed by atoms with Gasteiger partial charge in [0.1, 0.15) is 0 Å². The van der Waals surface area contributed by atoms with Crippen LogP contribution in [0.2, 0.25) is 0 Å². The lowest BCUT2D eigenvalue weighted by atomic mass is 10.1. The summed E-state index contributed by atoms with van der Waals surface area (Å²) in [5, 5.41) is 5.54.